The molecule has 0 aliphatic rings. The van der Waals surface area contributed by atoms with Crippen molar-refractivity contribution in [1.82, 2.24) is 14.7 Å². The van der Waals surface area contributed by atoms with Crippen molar-refractivity contribution in [3.05, 3.63) is 47.3 Å². The number of rotatable bonds is 5. The van der Waals surface area contributed by atoms with E-state index in [1.54, 1.807) is 25.2 Å². The lowest BCUT2D eigenvalue weighted by Gasteiger charge is -2.14. The number of nitrogens with zero attached hydrogens (tertiary/aromatic N) is 3. The molecule has 0 bridgehead atoms. The first-order valence-electron chi connectivity index (χ1n) is 7.09. The molecule has 1 aromatic carbocycles. The Kier molecular flexibility index (Phi) is 4.62. The van der Waals surface area contributed by atoms with E-state index in [1.807, 2.05) is 35.9 Å². The Hall–Kier alpha value is -2.30. The highest BCUT2D eigenvalue weighted by molar-refractivity contribution is 5.95. The predicted octanol–water partition coefficient (Wildman–Crippen LogP) is 2.53. The Morgan fingerprint density at radius 3 is 2.76 bits per heavy atom. The number of hydrogen-bond acceptors (Lipinski definition) is 3. The lowest BCUT2D eigenvalue weighted by molar-refractivity contribution is 0.0827. The third kappa shape index (κ3) is 3.42. The Bertz CT molecular complexity index is 631. The van der Waals surface area contributed by atoms with Crippen LogP contribution in [0.15, 0.2) is 30.5 Å². The molecule has 0 aliphatic heterocycles. The summed E-state index contributed by atoms with van der Waals surface area (Å²) in [4.78, 5) is 13.6. The summed E-state index contributed by atoms with van der Waals surface area (Å²) in [6, 6.07) is 7.74. The van der Waals surface area contributed by atoms with Crippen molar-refractivity contribution in [3.8, 4) is 0 Å². The number of carbonyl (C=O) groups excluding carboxylic acids is 1. The van der Waals surface area contributed by atoms with Crippen LogP contribution in [0, 0.1) is 6.92 Å². The van der Waals surface area contributed by atoms with E-state index in [-0.39, 0.29) is 5.91 Å². The Morgan fingerprint density at radius 1 is 1.33 bits per heavy atom. The van der Waals surface area contributed by atoms with E-state index in [4.69, 9.17) is 0 Å². The summed E-state index contributed by atoms with van der Waals surface area (Å²) in [5, 5.41) is 7.65. The van der Waals surface area contributed by atoms with Gasteiger partial charge in [-0.2, -0.15) is 5.10 Å². The molecule has 1 N–H and O–H groups in total. The molecule has 0 unspecified atom stereocenters. The van der Waals surface area contributed by atoms with E-state index in [9.17, 15) is 4.79 Å². The molecule has 2 rings (SSSR count). The van der Waals surface area contributed by atoms with Gasteiger partial charge in [-0.3, -0.25) is 9.48 Å². The van der Waals surface area contributed by atoms with Gasteiger partial charge < -0.3 is 10.2 Å². The topological polar surface area (TPSA) is 50.2 Å². The third-order valence-corrected chi connectivity index (χ3v) is 3.45. The Balaban J connectivity index is 2.16. The van der Waals surface area contributed by atoms with Gasteiger partial charge in [-0.25, -0.2) is 0 Å². The van der Waals surface area contributed by atoms with Gasteiger partial charge in [-0.15, -0.1) is 0 Å². The molecule has 112 valence electrons. The molecule has 0 radical (unpaired) electrons. The molecular formula is C16H22N4O. The summed E-state index contributed by atoms with van der Waals surface area (Å²) in [5.41, 5.74) is 3.91. The highest BCUT2D eigenvalue weighted by atomic mass is 16.2. The summed E-state index contributed by atoms with van der Waals surface area (Å²) >= 11 is 0. The van der Waals surface area contributed by atoms with E-state index < -0.39 is 0 Å². The second-order valence-corrected chi connectivity index (χ2v) is 5.22. The van der Waals surface area contributed by atoms with Gasteiger partial charge in [0.25, 0.3) is 5.91 Å². The van der Waals surface area contributed by atoms with Crippen molar-refractivity contribution in [3.63, 3.8) is 0 Å². The minimum Gasteiger partial charge on any atom is -0.379 e. The molecule has 1 heterocycles. The molecule has 0 fully saturated rings. The van der Waals surface area contributed by atoms with E-state index in [2.05, 4.69) is 17.3 Å². The summed E-state index contributed by atoms with van der Waals surface area (Å²) < 4.78 is 1.96. The first kappa shape index (κ1) is 15.1. The van der Waals surface area contributed by atoms with Crippen LogP contribution >= 0.6 is 0 Å². The molecule has 0 aliphatic carbocycles. The maximum atomic E-state index is 12.0. The number of amides is 1. The van der Waals surface area contributed by atoms with Gasteiger partial charge in [-0.05, 0) is 37.6 Å². The zero-order valence-corrected chi connectivity index (χ0v) is 13.1. The fourth-order valence-electron chi connectivity index (χ4n) is 2.18. The van der Waals surface area contributed by atoms with Gasteiger partial charge in [0.05, 0.1) is 12.2 Å². The van der Waals surface area contributed by atoms with E-state index in [1.165, 1.54) is 0 Å². The van der Waals surface area contributed by atoms with Crippen LogP contribution in [0.1, 0.15) is 28.5 Å². The number of benzene rings is 1. The van der Waals surface area contributed by atoms with Gasteiger partial charge in [-0.1, -0.05) is 6.07 Å². The SMILES string of the molecule is CCn1nccc1CNc1cc(C(=O)N(C)C)ccc1C. The number of carbonyl (C=O) groups is 1. The largest absolute Gasteiger partial charge is 0.379 e. The van der Waals surface area contributed by atoms with Gasteiger partial charge in [0.2, 0.25) is 0 Å². The lowest BCUT2D eigenvalue weighted by atomic mass is 10.1. The average Bonchev–Trinajstić information content (AvgIpc) is 2.93. The van der Waals surface area contributed by atoms with Crippen LogP contribution in [0.5, 0.6) is 0 Å². The molecule has 0 atom stereocenters. The number of hydrogen-bond donors (Lipinski definition) is 1. The standard InChI is InChI=1S/C16H22N4O/c1-5-20-14(8-9-18-20)11-17-15-10-13(7-6-12(15)2)16(21)19(3)4/h6-10,17H,5,11H2,1-4H3. The molecule has 5 heteroatoms. The molecule has 2 aromatic rings. The second-order valence-electron chi connectivity index (χ2n) is 5.22. The van der Waals surface area contributed by atoms with Crippen molar-refractivity contribution in [2.24, 2.45) is 0 Å². The molecule has 21 heavy (non-hydrogen) atoms. The zero-order chi connectivity index (χ0) is 15.4. The molecule has 0 saturated carbocycles. The van der Waals surface area contributed by atoms with Crippen molar-refractivity contribution >= 4 is 11.6 Å². The fraction of sp³-hybridized carbons (Fsp3) is 0.375. The van der Waals surface area contributed by atoms with E-state index >= 15 is 0 Å². The predicted molar refractivity (Wildman–Crippen MR) is 84.4 cm³/mol. The smallest absolute Gasteiger partial charge is 0.253 e. The maximum Gasteiger partial charge on any atom is 0.253 e. The number of anilines is 1. The molecule has 5 nitrogen and oxygen atoms in total. The quantitative estimate of drug-likeness (QED) is 0.919. The van der Waals surface area contributed by atoms with Crippen LogP contribution in [0.2, 0.25) is 0 Å². The third-order valence-electron chi connectivity index (χ3n) is 3.45. The summed E-state index contributed by atoms with van der Waals surface area (Å²) in [6.07, 6.45) is 1.80. The van der Waals surface area contributed by atoms with Crippen molar-refractivity contribution in [1.29, 1.82) is 0 Å². The average molecular weight is 286 g/mol. The highest BCUT2D eigenvalue weighted by Crippen LogP contribution is 2.18. The van der Waals surface area contributed by atoms with Crippen LogP contribution in [0.4, 0.5) is 5.69 Å². The van der Waals surface area contributed by atoms with Gasteiger partial charge in [0, 0.05) is 38.1 Å². The normalized spacial score (nSPS) is 10.5. The van der Waals surface area contributed by atoms with Crippen LogP contribution in [0.3, 0.4) is 0 Å². The lowest BCUT2D eigenvalue weighted by Crippen LogP contribution is -2.21. The van der Waals surface area contributed by atoms with Crippen LogP contribution < -0.4 is 5.32 Å². The van der Waals surface area contributed by atoms with Crippen LogP contribution in [-0.4, -0.2) is 34.7 Å². The molecule has 1 aromatic heterocycles. The van der Waals surface area contributed by atoms with E-state index in [0.29, 0.717) is 12.1 Å². The number of aromatic nitrogens is 2. The minimum atomic E-state index is 0.0108. The summed E-state index contributed by atoms with van der Waals surface area (Å²) in [6.45, 7) is 5.64. The monoisotopic (exact) mass is 286 g/mol. The second kappa shape index (κ2) is 6.43. The first-order chi connectivity index (χ1) is 10.0. The minimum absolute atomic E-state index is 0.0108. The van der Waals surface area contributed by atoms with Crippen LogP contribution in [0.25, 0.3) is 0 Å². The molecule has 1 amide bonds. The fourth-order valence-corrected chi connectivity index (χ4v) is 2.18. The molecule has 0 spiro atoms. The highest BCUT2D eigenvalue weighted by Gasteiger charge is 2.10. The van der Waals surface area contributed by atoms with Crippen LogP contribution in [-0.2, 0) is 13.1 Å². The van der Waals surface area contributed by atoms with Gasteiger partial charge >= 0.3 is 0 Å². The van der Waals surface area contributed by atoms with E-state index in [0.717, 1.165) is 23.5 Å². The molecule has 0 saturated heterocycles. The zero-order valence-electron chi connectivity index (χ0n) is 13.1. The van der Waals surface area contributed by atoms with Crippen molar-refractivity contribution < 1.29 is 4.79 Å². The van der Waals surface area contributed by atoms with Crippen molar-refractivity contribution in [2.75, 3.05) is 19.4 Å². The van der Waals surface area contributed by atoms with Crippen molar-refractivity contribution in [2.45, 2.75) is 26.9 Å². The summed E-state index contributed by atoms with van der Waals surface area (Å²) in [5.74, 6) is 0.0108. The maximum absolute atomic E-state index is 12.0. The molecular weight excluding hydrogens is 264 g/mol. The summed E-state index contributed by atoms with van der Waals surface area (Å²) in [7, 11) is 3.52. The Morgan fingerprint density at radius 2 is 2.10 bits per heavy atom. The number of aryl methyl sites for hydroxylation is 2. The first-order valence-corrected chi connectivity index (χ1v) is 7.09. The number of nitrogens with one attached hydrogen (secondary N) is 1. The Labute approximate surface area is 125 Å². The van der Waals surface area contributed by atoms with Gasteiger partial charge in [0.15, 0.2) is 0 Å². The van der Waals surface area contributed by atoms with Gasteiger partial charge in [0.1, 0.15) is 0 Å².